The van der Waals surface area contributed by atoms with Gasteiger partial charge in [-0.1, -0.05) is 12.1 Å². The molecular formula is C17H24N2O4. The number of ether oxygens (including phenoxy) is 1. The van der Waals surface area contributed by atoms with Gasteiger partial charge in [-0.25, -0.2) is 0 Å². The topological polar surface area (TPSA) is 78.9 Å². The van der Waals surface area contributed by atoms with Crippen LogP contribution in [0.15, 0.2) is 24.3 Å². The van der Waals surface area contributed by atoms with E-state index in [0.717, 1.165) is 24.2 Å². The first-order valence-electron chi connectivity index (χ1n) is 7.77. The summed E-state index contributed by atoms with van der Waals surface area (Å²) in [6, 6.07) is 6.91. The Morgan fingerprint density at radius 2 is 2.04 bits per heavy atom. The molecule has 0 saturated carbocycles. The normalized spacial score (nSPS) is 20.0. The summed E-state index contributed by atoms with van der Waals surface area (Å²) in [5, 5.41) is 13.5. The second kappa shape index (κ2) is 7.00. The van der Waals surface area contributed by atoms with Crippen molar-refractivity contribution in [2.45, 2.75) is 38.3 Å². The molecular weight excluding hydrogens is 296 g/mol. The van der Waals surface area contributed by atoms with Crippen LogP contribution in [-0.4, -0.2) is 48.1 Å². The molecule has 1 saturated heterocycles. The second-order valence-corrected chi connectivity index (χ2v) is 6.03. The van der Waals surface area contributed by atoms with Crippen LogP contribution in [0.4, 0.5) is 0 Å². The zero-order valence-electron chi connectivity index (χ0n) is 13.8. The van der Waals surface area contributed by atoms with Crippen LogP contribution < -0.4 is 10.1 Å². The van der Waals surface area contributed by atoms with Crippen molar-refractivity contribution < 1.29 is 19.4 Å². The lowest BCUT2D eigenvalue weighted by molar-refractivity contribution is -0.138. The standard InChI is InChI=1S/C17H24N2O4/c1-12(20)18-11-16(21)19-10-4-5-15(19)17(2,22)13-6-8-14(23-3)9-7-13/h6-9,15,22H,4-5,10-11H2,1-3H3,(H,18,20). The summed E-state index contributed by atoms with van der Waals surface area (Å²) in [5.41, 5.74) is -0.420. The maximum atomic E-state index is 12.3. The summed E-state index contributed by atoms with van der Waals surface area (Å²) in [6.45, 7) is 3.66. The summed E-state index contributed by atoms with van der Waals surface area (Å²) in [5.74, 6) is 0.307. The molecule has 2 atom stereocenters. The van der Waals surface area contributed by atoms with Gasteiger partial charge in [-0.15, -0.1) is 0 Å². The van der Waals surface area contributed by atoms with E-state index in [1.54, 1.807) is 31.1 Å². The summed E-state index contributed by atoms with van der Waals surface area (Å²) >= 11 is 0. The van der Waals surface area contributed by atoms with Gasteiger partial charge in [-0.2, -0.15) is 0 Å². The average Bonchev–Trinajstić information content (AvgIpc) is 3.03. The minimum absolute atomic E-state index is 0.0372. The van der Waals surface area contributed by atoms with Crippen LogP contribution in [0, 0.1) is 0 Å². The number of likely N-dealkylation sites (tertiary alicyclic amines) is 1. The van der Waals surface area contributed by atoms with Crippen LogP contribution in [0.2, 0.25) is 0 Å². The summed E-state index contributed by atoms with van der Waals surface area (Å²) < 4.78 is 5.13. The molecule has 2 rings (SSSR count). The molecule has 0 aliphatic carbocycles. The number of aliphatic hydroxyl groups is 1. The van der Waals surface area contributed by atoms with Gasteiger partial charge in [0.15, 0.2) is 0 Å². The number of benzene rings is 1. The number of methoxy groups -OCH3 is 1. The fourth-order valence-corrected chi connectivity index (χ4v) is 3.07. The van der Waals surface area contributed by atoms with Gasteiger partial charge in [0.25, 0.3) is 0 Å². The maximum absolute atomic E-state index is 12.3. The lowest BCUT2D eigenvalue weighted by atomic mass is 9.86. The Morgan fingerprint density at radius 1 is 1.39 bits per heavy atom. The van der Waals surface area contributed by atoms with E-state index < -0.39 is 5.60 Å². The largest absolute Gasteiger partial charge is 0.497 e. The van der Waals surface area contributed by atoms with Gasteiger partial charge in [0.2, 0.25) is 11.8 Å². The minimum Gasteiger partial charge on any atom is -0.497 e. The average molecular weight is 320 g/mol. The third-order valence-corrected chi connectivity index (χ3v) is 4.39. The van der Waals surface area contributed by atoms with Crippen LogP contribution in [0.3, 0.4) is 0 Å². The molecule has 1 heterocycles. The van der Waals surface area contributed by atoms with Crippen molar-refractivity contribution in [1.29, 1.82) is 0 Å². The van der Waals surface area contributed by atoms with E-state index in [1.807, 2.05) is 12.1 Å². The monoisotopic (exact) mass is 320 g/mol. The van der Waals surface area contributed by atoms with Crippen molar-refractivity contribution in [3.05, 3.63) is 29.8 Å². The van der Waals surface area contributed by atoms with E-state index in [-0.39, 0.29) is 24.4 Å². The molecule has 0 radical (unpaired) electrons. The Kier molecular flexibility index (Phi) is 5.26. The fraction of sp³-hybridized carbons (Fsp3) is 0.529. The van der Waals surface area contributed by atoms with Crippen molar-refractivity contribution in [3.8, 4) is 5.75 Å². The lowest BCUT2D eigenvalue weighted by Crippen LogP contribution is -2.50. The van der Waals surface area contributed by atoms with E-state index in [2.05, 4.69) is 5.32 Å². The second-order valence-electron chi connectivity index (χ2n) is 6.03. The molecule has 6 heteroatoms. The van der Waals surface area contributed by atoms with Crippen LogP contribution >= 0.6 is 0 Å². The third-order valence-electron chi connectivity index (χ3n) is 4.39. The number of hydrogen-bond donors (Lipinski definition) is 2. The number of rotatable bonds is 5. The van der Waals surface area contributed by atoms with Crippen molar-refractivity contribution in [2.75, 3.05) is 20.2 Å². The molecule has 1 aliphatic rings. The Hall–Kier alpha value is -2.08. The van der Waals surface area contributed by atoms with Gasteiger partial charge >= 0.3 is 0 Å². The zero-order valence-corrected chi connectivity index (χ0v) is 13.8. The van der Waals surface area contributed by atoms with Gasteiger partial charge < -0.3 is 20.1 Å². The van der Waals surface area contributed by atoms with Crippen LogP contribution in [-0.2, 0) is 15.2 Å². The van der Waals surface area contributed by atoms with Crippen LogP contribution in [0.25, 0.3) is 0 Å². The molecule has 0 aromatic heterocycles. The van der Waals surface area contributed by atoms with Gasteiger partial charge in [-0.3, -0.25) is 9.59 Å². The van der Waals surface area contributed by atoms with E-state index in [1.165, 1.54) is 6.92 Å². The minimum atomic E-state index is -1.16. The summed E-state index contributed by atoms with van der Waals surface area (Å²) in [4.78, 5) is 25.0. The molecule has 0 spiro atoms. The number of hydrogen-bond acceptors (Lipinski definition) is 4. The number of carbonyl (C=O) groups excluding carboxylic acids is 2. The molecule has 2 N–H and O–H groups in total. The highest BCUT2D eigenvalue weighted by molar-refractivity contribution is 5.84. The Balaban J connectivity index is 2.15. The predicted octanol–water partition coefficient (Wildman–Crippen LogP) is 1.03. The molecule has 2 amide bonds. The molecule has 1 aliphatic heterocycles. The summed E-state index contributed by atoms with van der Waals surface area (Å²) in [6.07, 6.45) is 1.56. The fourth-order valence-electron chi connectivity index (χ4n) is 3.07. The first kappa shape index (κ1) is 17.3. The Morgan fingerprint density at radius 3 is 2.61 bits per heavy atom. The van der Waals surface area contributed by atoms with Crippen molar-refractivity contribution in [1.82, 2.24) is 10.2 Å². The quantitative estimate of drug-likeness (QED) is 0.849. The van der Waals surface area contributed by atoms with Crippen LogP contribution in [0.5, 0.6) is 5.75 Å². The van der Waals surface area contributed by atoms with Crippen molar-refractivity contribution in [3.63, 3.8) is 0 Å². The van der Waals surface area contributed by atoms with Gasteiger partial charge in [0.1, 0.15) is 11.4 Å². The van der Waals surface area contributed by atoms with Gasteiger partial charge in [0, 0.05) is 13.5 Å². The molecule has 23 heavy (non-hydrogen) atoms. The van der Waals surface area contributed by atoms with Crippen LogP contribution in [0.1, 0.15) is 32.3 Å². The molecule has 1 aromatic rings. The smallest absolute Gasteiger partial charge is 0.242 e. The molecule has 2 unspecified atom stereocenters. The number of carbonyl (C=O) groups is 2. The molecule has 1 fully saturated rings. The van der Waals surface area contributed by atoms with E-state index in [0.29, 0.717) is 6.54 Å². The predicted molar refractivity (Wildman–Crippen MR) is 86.0 cm³/mol. The van der Waals surface area contributed by atoms with Crippen molar-refractivity contribution >= 4 is 11.8 Å². The molecule has 1 aromatic carbocycles. The van der Waals surface area contributed by atoms with E-state index >= 15 is 0 Å². The highest BCUT2D eigenvalue weighted by Gasteiger charge is 2.42. The van der Waals surface area contributed by atoms with Gasteiger partial charge in [0.05, 0.1) is 19.7 Å². The van der Waals surface area contributed by atoms with E-state index in [4.69, 9.17) is 4.74 Å². The maximum Gasteiger partial charge on any atom is 0.242 e. The number of nitrogens with one attached hydrogen (secondary N) is 1. The molecule has 126 valence electrons. The highest BCUT2D eigenvalue weighted by Crippen LogP contribution is 2.35. The number of amides is 2. The first-order chi connectivity index (χ1) is 10.9. The Bertz CT molecular complexity index is 568. The number of nitrogens with zero attached hydrogens (tertiary/aromatic N) is 1. The molecule has 6 nitrogen and oxygen atoms in total. The Labute approximate surface area is 136 Å². The SMILES string of the molecule is COc1ccc(C(C)(O)C2CCCN2C(=O)CNC(C)=O)cc1. The third kappa shape index (κ3) is 3.82. The van der Waals surface area contributed by atoms with Crippen molar-refractivity contribution in [2.24, 2.45) is 0 Å². The summed E-state index contributed by atoms with van der Waals surface area (Å²) in [7, 11) is 1.59. The first-order valence-corrected chi connectivity index (χ1v) is 7.77. The van der Waals surface area contributed by atoms with E-state index in [9.17, 15) is 14.7 Å². The molecule has 0 bridgehead atoms. The zero-order chi connectivity index (χ0) is 17.0. The van der Waals surface area contributed by atoms with Gasteiger partial charge in [-0.05, 0) is 37.5 Å². The lowest BCUT2D eigenvalue weighted by Gasteiger charge is -2.37. The highest BCUT2D eigenvalue weighted by atomic mass is 16.5.